The zero-order chi connectivity index (χ0) is 37.4. The molecule has 1 atom stereocenters. The Morgan fingerprint density at radius 3 is 2.04 bits per heavy atom. The third-order valence-electron chi connectivity index (χ3n) is 10.1. The number of benzene rings is 5. The highest BCUT2D eigenvalue weighted by molar-refractivity contribution is 6.21. The van der Waals surface area contributed by atoms with Crippen LogP contribution >= 0.6 is 0 Å². The number of likely N-dealkylation sites (tertiary alicyclic amines) is 1. The summed E-state index contributed by atoms with van der Waals surface area (Å²) in [5.74, 6) is -0.314. The van der Waals surface area contributed by atoms with E-state index < -0.39 is 11.9 Å². The number of ether oxygens (including phenoxy) is 3. The van der Waals surface area contributed by atoms with Crippen LogP contribution in [0.2, 0.25) is 0 Å². The second-order valence-corrected chi connectivity index (χ2v) is 14.2. The van der Waals surface area contributed by atoms with Crippen molar-refractivity contribution in [3.05, 3.63) is 155 Å². The maximum atomic E-state index is 14.6. The molecule has 2 aliphatic rings. The lowest BCUT2D eigenvalue weighted by atomic mass is 9.87. The SMILES string of the molecule is Cc1ccc(C(=O)Oc2cccc(-c3ccc4cc(OC(=O)c5ccc(C)cc5)ccc4c3C(=O)C3=CCC(OCCCN4CCCCC4)C=C3)c2)cc1. The summed E-state index contributed by atoms with van der Waals surface area (Å²) in [6.45, 7) is 8.01. The minimum absolute atomic E-state index is 0.0828. The normalized spacial score (nSPS) is 15.8. The molecule has 5 aromatic rings. The largest absolute Gasteiger partial charge is 0.423 e. The van der Waals surface area contributed by atoms with Gasteiger partial charge in [-0.3, -0.25) is 4.79 Å². The lowest BCUT2D eigenvalue weighted by molar-refractivity contribution is 0.0725. The quantitative estimate of drug-likeness (QED) is 0.0550. The van der Waals surface area contributed by atoms with E-state index in [1.165, 1.54) is 32.4 Å². The number of carbonyl (C=O) groups is 3. The van der Waals surface area contributed by atoms with Crippen molar-refractivity contribution in [1.29, 1.82) is 0 Å². The second-order valence-electron chi connectivity index (χ2n) is 14.2. The first-order valence-electron chi connectivity index (χ1n) is 18.8. The topological polar surface area (TPSA) is 82.1 Å². The number of nitrogens with zero attached hydrogens (tertiary/aromatic N) is 1. The average molecular weight is 720 g/mol. The van der Waals surface area contributed by atoms with Crippen LogP contribution in [0.15, 0.2) is 127 Å². The number of ketones is 1. The molecule has 1 heterocycles. The van der Waals surface area contributed by atoms with E-state index in [4.69, 9.17) is 14.2 Å². The Balaban J connectivity index is 1.15. The molecule has 0 bridgehead atoms. The fourth-order valence-corrected chi connectivity index (χ4v) is 7.04. The number of carbonyl (C=O) groups excluding carboxylic acids is 3. The van der Waals surface area contributed by atoms with Crippen LogP contribution in [0.5, 0.6) is 11.5 Å². The van der Waals surface area contributed by atoms with Gasteiger partial charge in [0.2, 0.25) is 0 Å². The number of hydrogen-bond donors (Lipinski definition) is 0. The Morgan fingerprint density at radius 1 is 0.722 bits per heavy atom. The molecule has 274 valence electrons. The standard InChI is InChI=1S/C47H45NO6/c1-32-10-14-35(15-11-32)46(50)53-40-9-6-8-37(30-40)42-24-20-38-31-41(54-47(51)36-16-12-33(2)13-17-36)23-25-43(38)44(42)45(49)34-18-21-39(22-19-34)52-29-7-28-48-26-4-3-5-27-48/h6,8-21,23-25,30-31,39H,3-5,7,22,26-29H2,1-2H3. The molecule has 0 N–H and O–H groups in total. The third kappa shape index (κ3) is 8.93. The molecule has 0 spiro atoms. The number of aryl methyl sites for hydroxylation is 2. The summed E-state index contributed by atoms with van der Waals surface area (Å²) >= 11 is 0. The lowest BCUT2D eigenvalue weighted by Crippen LogP contribution is -2.31. The molecule has 1 aliphatic carbocycles. The molecule has 1 fully saturated rings. The van der Waals surface area contributed by atoms with Gasteiger partial charge in [0.15, 0.2) is 5.78 Å². The van der Waals surface area contributed by atoms with Gasteiger partial charge in [0.05, 0.1) is 17.2 Å². The zero-order valence-electron chi connectivity index (χ0n) is 30.9. The van der Waals surface area contributed by atoms with E-state index in [-0.39, 0.29) is 11.9 Å². The second kappa shape index (κ2) is 17.0. The van der Waals surface area contributed by atoms with E-state index >= 15 is 0 Å². The average Bonchev–Trinajstić information content (AvgIpc) is 3.20. The Morgan fingerprint density at radius 2 is 1.39 bits per heavy atom. The van der Waals surface area contributed by atoms with Crippen LogP contribution < -0.4 is 9.47 Å². The summed E-state index contributed by atoms with van der Waals surface area (Å²) in [5, 5.41) is 1.45. The Kier molecular flexibility index (Phi) is 11.6. The van der Waals surface area contributed by atoms with Gasteiger partial charge in [-0.1, -0.05) is 84.3 Å². The van der Waals surface area contributed by atoms with Crippen LogP contribution in [0.4, 0.5) is 0 Å². The number of hydrogen-bond acceptors (Lipinski definition) is 7. The molecule has 1 saturated heterocycles. The molecule has 0 aromatic heterocycles. The Hall–Kier alpha value is -5.63. The van der Waals surface area contributed by atoms with E-state index in [2.05, 4.69) is 4.90 Å². The molecule has 0 radical (unpaired) electrons. The predicted octanol–water partition coefficient (Wildman–Crippen LogP) is 9.89. The highest BCUT2D eigenvalue weighted by atomic mass is 16.5. The number of rotatable bonds is 12. The fraction of sp³-hybridized carbons (Fsp3) is 0.255. The lowest BCUT2D eigenvalue weighted by Gasteiger charge is -2.26. The highest BCUT2D eigenvalue weighted by Gasteiger charge is 2.23. The molecule has 0 saturated carbocycles. The number of fused-ring (bicyclic) bond motifs is 1. The van der Waals surface area contributed by atoms with Crippen LogP contribution in [-0.4, -0.2) is 55.0 Å². The molecule has 0 amide bonds. The molecule has 7 heteroatoms. The van der Waals surface area contributed by atoms with Crippen LogP contribution in [0.1, 0.15) is 74.3 Å². The maximum Gasteiger partial charge on any atom is 0.343 e. The fourth-order valence-electron chi connectivity index (χ4n) is 7.04. The smallest absolute Gasteiger partial charge is 0.343 e. The number of piperidine rings is 1. The summed E-state index contributed by atoms with van der Waals surface area (Å²) < 4.78 is 17.7. The minimum atomic E-state index is -0.463. The van der Waals surface area contributed by atoms with Crippen molar-refractivity contribution >= 4 is 28.5 Å². The first-order valence-corrected chi connectivity index (χ1v) is 18.8. The summed E-state index contributed by atoms with van der Waals surface area (Å²) in [7, 11) is 0. The van der Waals surface area contributed by atoms with Gasteiger partial charge < -0.3 is 19.1 Å². The molecular formula is C47H45NO6. The van der Waals surface area contributed by atoms with Crippen molar-refractivity contribution in [3.8, 4) is 22.6 Å². The highest BCUT2D eigenvalue weighted by Crippen LogP contribution is 2.36. The molecule has 1 aliphatic heterocycles. The number of esters is 2. The first-order chi connectivity index (χ1) is 26.3. The van der Waals surface area contributed by atoms with Gasteiger partial charge in [0.1, 0.15) is 11.5 Å². The zero-order valence-corrected chi connectivity index (χ0v) is 30.9. The van der Waals surface area contributed by atoms with Crippen LogP contribution in [0.3, 0.4) is 0 Å². The van der Waals surface area contributed by atoms with Crippen molar-refractivity contribution in [1.82, 2.24) is 4.90 Å². The summed E-state index contributed by atoms with van der Waals surface area (Å²) in [6.07, 6.45) is 11.2. The van der Waals surface area contributed by atoms with Crippen LogP contribution in [-0.2, 0) is 4.74 Å². The van der Waals surface area contributed by atoms with Gasteiger partial charge >= 0.3 is 11.9 Å². The number of Topliss-reactive ketones (excluding diaryl/α,β-unsaturated/α-hetero) is 1. The predicted molar refractivity (Wildman–Crippen MR) is 212 cm³/mol. The molecule has 1 unspecified atom stereocenters. The summed E-state index contributed by atoms with van der Waals surface area (Å²) in [5.41, 5.74) is 5.50. The molecule has 5 aromatic carbocycles. The van der Waals surface area contributed by atoms with Crippen molar-refractivity contribution < 1.29 is 28.6 Å². The van der Waals surface area contributed by atoms with Gasteiger partial charge in [0, 0.05) is 24.3 Å². The van der Waals surface area contributed by atoms with Gasteiger partial charge in [0.25, 0.3) is 0 Å². The summed E-state index contributed by atoms with van der Waals surface area (Å²) in [4.78, 5) is 43.0. The van der Waals surface area contributed by atoms with E-state index in [1.807, 2.05) is 86.7 Å². The van der Waals surface area contributed by atoms with Crippen molar-refractivity contribution in [3.63, 3.8) is 0 Å². The maximum absolute atomic E-state index is 14.6. The monoisotopic (exact) mass is 719 g/mol. The van der Waals surface area contributed by atoms with Gasteiger partial charge in [-0.25, -0.2) is 9.59 Å². The van der Waals surface area contributed by atoms with Crippen molar-refractivity contribution in [2.45, 2.75) is 52.1 Å². The molecule has 54 heavy (non-hydrogen) atoms. The molecule has 7 rings (SSSR count). The Labute approximate surface area is 316 Å². The van der Waals surface area contributed by atoms with Crippen molar-refractivity contribution in [2.75, 3.05) is 26.2 Å². The minimum Gasteiger partial charge on any atom is -0.423 e. The van der Waals surface area contributed by atoms with E-state index in [9.17, 15) is 14.4 Å². The van der Waals surface area contributed by atoms with Crippen molar-refractivity contribution in [2.24, 2.45) is 0 Å². The van der Waals surface area contributed by atoms with E-state index in [0.29, 0.717) is 57.7 Å². The van der Waals surface area contributed by atoms with E-state index in [0.717, 1.165) is 35.0 Å². The van der Waals surface area contributed by atoms with Crippen LogP contribution in [0.25, 0.3) is 21.9 Å². The third-order valence-corrected chi connectivity index (χ3v) is 10.1. The van der Waals surface area contributed by atoms with Gasteiger partial charge in [-0.2, -0.15) is 0 Å². The van der Waals surface area contributed by atoms with Gasteiger partial charge in [-0.15, -0.1) is 0 Å². The number of allylic oxidation sites excluding steroid dienone is 2. The van der Waals surface area contributed by atoms with Crippen LogP contribution in [0, 0.1) is 13.8 Å². The Bertz CT molecular complexity index is 2210. The summed E-state index contributed by atoms with van der Waals surface area (Å²) in [6, 6.07) is 30.8. The molecule has 7 nitrogen and oxygen atoms in total. The van der Waals surface area contributed by atoms with E-state index in [1.54, 1.807) is 48.5 Å². The first kappa shape index (κ1) is 36.7. The molecular weight excluding hydrogens is 675 g/mol. The van der Waals surface area contributed by atoms with Gasteiger partial charge in [-0.05, 0) is 129 Å².